The number of anilines is 2. The van der Waals surface area contributed by atoms with Gasteiger partial charge in [-0.15, -0.1) is 0 Å². The molecule has 2 fully saturated rings. The van der Waals surface area contributed by atoms with Gasteiger partial charge in [-0.3, -0.25) is 19.4 Å². The van der Waals surface area contributed by atoms with Gasteiger partial charge in [0.1, 0.15) is 0 Å². The van der Waals surface area contributed by atoms with Crippen molar-refractivity contribution in [1.29, 1.82) is 0 Å². The van der Waals surface area contributed by atoms with Crippen molar-refractivity contribution in [3.63, 3.8) is 0 Å². The fourth-order valence-electron chi connectivity index (χ4n) is 3.76. The van der Waals surface area contributed by atoms with Gasteiger partial charge in [0.15, 0.2) is 0 Å². The number of hydrogen-bond donors (Lipinski definition) is 3. The van der Waals surface area contributed by atoms with E-state index in [1.54, 1.807) is 24.3 Å². The monoisotopic (exact) mass is 396 g/mol. The molecule has 2 heterocycles. The first kappa shape index (κ1) is 20.6. The zero-order valence-electron chi connectivity index (χ0n) is 15.8. The third-order valence-corrected chi connectivity index (χ3v) is 5.19. The zero-order valence-corrected chi connectivity index (χ0v) is 15.8. The van der Waals surface area contributed by atoms with Gasteiger partial charge in [0.2, 0.25) is 11.8 Å². The number of β-amino-alcohol motifs (C(OH)–C–C–N with tert-alkyl or cyclic N) is 1. The normalized spacial score (nSPS) is 25.4. The molecular weight excluding hydrogens is 370 g/mol. The molecule has 3 rings (SSSR count). The lowest BCUT2D eigenvalue weighted by atomic mass is 10.0. The average Bonchev–Trinajstić information content (AvgIpc) is 2.96. The number of rotatable bonds is 5. The van der Waals surface area contributed by atoms with Crippen LogP contribution in [-0.2, 0) is 9.59 Å². The van der Waals surface area contributed by atoms with Crippen LogP contribution in [0.25, 0.3) is 0 Å². The van der Waals surface area contributed by atoms with Gasteiger partial charge >= 0.3 is 0 Å². The van der Waals surface area contributed by atoms with E-state index in [0.717, 1.165) is 0 Å². The van der Waals surface area contributed by atoms with Crippen molar-refractivity contribution in [2.75, 3.05) is 43.4 Å². The number of nitrogens with zero attached hydrogens (tertiary/aromatic N) is 2. The summed E-state index contributed by atoms with van der Waals surface area (Å²) in [6.07, 6.45) is -1.03. The maximum absolute atomic E-state index is 13.3. The number of amides is 2. The van der Waals surface area contributed by atoms with Gasteiger partial charge in [-0.2, -0.15) is 0 Å². The van der Waals surface area contributed by atoms with Gasteiger partial charge in [0.25, 0.3) is 5.92 Å². The second kappa shape index (κ2) is 8.50. The summed E-state index contributed by atoms with van der Waals surface area (Å²) >= 11 is 0. The minimum absolute atomic E-state index is 0.116. The molecule has 1 aromatic rings. The van der Waals surface area contributed by atoms with Crippen molar-refractivity contribution in [2.24, 2.45) is 0 Å². The van der Waals surface area contributed by atoms with Crippen LogP contribution in [0.5, 0.6) is 0 Å². The van der Waals surface area contributed by atoms with Crippen molar-refractivity contribution >= 4 is 23.2 Å². The number of carbonyl (C=O) groups is 2. The Morgan fingerprint density at radius 3 is 2.25 bits per heavy atom. The number of nitrogens with one attached hydrogen (secondary N) is 2. The Morgan fingerprint density at radius 1 is 1.11 bits per heavy atom. The van der Waals surface area contributed by atoms with Crippen LogP contribution < -0.4 is 10.6 Å². The van der Waals surface area contributed by atoms with Crippen LogP contribution in [0, 0.1) is 0 Å². The maximum Gasteiger partial charge on any atom is 0.250 e. The van der Waals surface area contributed by atoms with Crippen LogP contribution in [0.15, 0.2) is 24.3 Å². The minimum Gasteiger partial charge on any atom is -0.390 e. The predicted molar refractivity (Wildman–Crippen MR) is 101 cm³/mol. The first-order chi connectivity index (χ1) is 13.2. The van der Waals surface area contributed by atoms with E-state index in [1.165, 1.54) is 6.92 Å². The summed E-state index contributed by atoms with van der Waals surface area (Å²) < 4.78 is 26.7. The SMILES string of the molecule is CC(=O)Nc1ccc(NC(=O)CN2C[C@H](O)[C@@H](N3CCC(F)(F)CC3)C2)cc1. The van der Waals surface area contributed by atoms with Crippen LogP contribution in [-0.4, -0.2) is 77.5 Å². The lowest BCUT2D eigenvalue weighted by Crippen LogP contribution is -2.49. The van der Waals surface area contributed by atoms with Crippen LogP contribution in [0.4, 0.5) is 20.2 Å². The summed E-state index contributed by atoms with van der Waals surface area (Å²) in [6.45, 7) is 2.87. The number of likely N-dealkylation sites (tertiary alicyclic amines) is 2. The molecule has 0 aliphatic carbocycles. The molecule has 1 aromatic carbocycles. The van der Waals surface area contributed by atoms with E-state index in [1.807, 2.05) is 9.80 Å². The standard InChI is InChI=1S/C19H26F2N4O3/c1-13(26)22-14-2-4-15(5-3-14)23-18(28)12-24-10-16(17(27)11-24)25-8-6-19(20,21)7-9-25/h2-5,16-17,27H,6-12H2,1H3,(H,22,26)(H,23,28)/t16-,17-/m0/s1. The molecule has 2 saturated heterocycles. The number of halogens is 2. The fourth-order valence-corrected chi connectivity index (χ4v) is 3.76. The zero-order chi connectivity index (χ0) is 20.3. The van der Waals surface area contributed by atoms with Crippen LogP contribution in [0.1, 0.15) is 19.8 Å². The van der Waals surface area contributed by atoms with E-state index in [4.69, 9.17) is 0 Å². The van der Waals surface area contributed by atoms with E-state index < -0.39 is 12.0 Å². The summed E-state index contributed by atoms with van der Waals surface area (Å²) in [5.41, 5.74) is 1.25. The Morgan fingerprint density at radius 2 is 1.68 bits per heavy atom. The number of alkyl halides is 2. The van der Waals surface area contributed by atoms with Crippen molar-refractivity contribution in [3.05, 3.63) is 24.3 Å². The first-order valence-electron chi connectivity index (χ1n) is 9.42. The lowest BCUT2D eigenvalue weighted by Gasteiger charge is -2.36. The molecule has 7 nitrogen and oxygen atoms in total. The summed E-state index contributed by atoms with van der Waals surface area (Å²) in [4.78, 5) is 27.0. The molecular formula is C19H26F2N4O3. The largest absolute Gasteiger partial charge is 0.390 e. The van der Waals surface area contributed by atoms with Crippen molar-refractivity contribution in [2.45, 2.75) is 37.8 Å². The average molecular weight is 396 g/mol. The quantitative estimate of drug-likeness (QED) is 0.700. The summed E-state index contributed by atoms with van der Waals surface area (Å²) in [6, 6.07) is 6.55. The third-order valence-electron chi connectivity index (χ3n) is 5.19. The predicted octanol–water partition coefficient (Wildman–Crippen LogP) is 1.36. The highest BCUT2D eigenvalue weighted by molar-refractivity contribution is 5.93. The fraction of sp³-hybridized carbons (Fsp3) is 0.579. The van der Waals surface area contributed by atoms with Gasteiger partial charge in [0, 0.05) is 63.4 Å². The molecule has 2 atom stereocenters. The molecule has 9 heteroatoms. The Balaban J connectivity index is 1.48. The third kappa shape index (κ3) is 5.46. The number of aliphatic hydroxyl groups is 1. The molecule has 2 aliphatic heterocycles. The van der Waals surface area contributed by atoms with Gasteiger partial charge in [-0.25, -0.2) is 8.78 Å². The molecule has 3 N–H and O–H groups in total. The Kier molecular flexibility index (Phi) is 6.26. The lowest BCUT2D eigenvalue weighted by molar-refractivity contribution is -0.117. The summed E-state index contributed by atoms with van der Waals surface area (Å²) in [5, 5.41) is 15.7. The molecule has 0 bridgehead atoms. The Bertz CT molecular complexity index is 704. The molecule has 0 saturated carbocycles. The Labute approximate surface area is 162 Å². The molecule has 154 valence electrons. The van der Waals surface area contributed by atoms with Crippen LogP contribution >= 0.6 is 0 Å². The van der Waals surface area contributed by atoms with Crippen molar-refractivity contribution in [1.82, 2.24) is 9.80 Å². The maximum atomic E-state index is 13.3. The number of aliphatic hydroxyl groups excluding tert-OH is 1. The first-order valence-corrected chi connectivity index (χ1v) is 9.42. The number of benzene rings is 1. The number of hydrogen-bond acceptors (Lipinski definition) is 5. The highest BCUT2D eigenvalue weighted by atomic mass is 19.3. The van der Waals surface area contributed by atoms with Gasteiger partial charge < -0.3 is 15.7 Å². The molecule has 2 amide bonds. The molecule has 0 spiro atoms. The smallest absolute Gasteiger partial charge is 0.250 e. The molecule has 0 aromatic heterocycles. The highest BCUT2D eigenvalue weighted by Gasteiger charge is 2.41. The second-order valence-corrected chi connectivity index (χ2v) is 7.53. The van der Waals surface area contributed by atoms with Crippen LogP contribution in [0.3, 0.4) is 0 Å². The van der Waals surface area contributed by atoms with Gasteiger partial charge in [-0.05, 0) is 24.3 Å². The molecule has 2 aliphatic rings. The van der Waals surface area contributed by atoms with Gasteiger partial charge in [-0.1, -0.05) is 0 Å². The van der Waals surface area contributed by atoms with Crippen LogP contribution in [0.2, 0.25) is 0 Å². The van der Waals surface area contributed by atoms with Crippen molar-refractivity contribution < 1.29 is 23.5 Å². The molecule has 0 unspecified atom stereocenters. The number of carbonyl (C=O) groups excluding carboxylic acids is 2. The van der Waals surface area contributed by atoms with E-state index in [-0.39, 0.29) is 50.3 Å². The van der Waals surface area contributed by atoms with E-state index in [0.29, 0.717) is 24.5 Å². The highest BCUT2D eigenvalue weighted by Crippen LogP contribution is 2.30. The van der Waals surface area contributed by atoms with E-state index >= 15 is 0 Å². The molecule has 28 heavy (non-hydrogen) atoms. The number of piperidine rings is 1. The Hall–Kier alpha value is -2.10. The van der Waals surface area contributed by atoms with Gasteiger partial charge in [0.05, 0.1) is 12.6 Å². The minimum atomic E-state index is -2.62. The second-order valence-electron chi connectivity index (χ2n) is 7.53. The summed E-state index contributed by atoms with van der Waals surface area (Å²) in [5.74, 6) is -3.00. The van der Waals surface area contributed by atoms with E-state index in [2.05, 4.69) is 10.6 Å². The molecule has 0 radical (unpaired) electrons. The topological polar surface area (TPSA) is 84.9 Å². The van der Waals surface area contributed by atoms with E-state index in [9.17, 15) is 23.5 Å². The van der Waals surface area contributed by atoms with Crippen molar-refractivity contribution in [3.8, 4) is 0 Å². The summed E-state index contributed by atoms with van der Waals surface area (Å²) in [7, 11) is 0.